The average Bonchev–Trinajstić information content (AvgIpc) is 2.99. The zero-order valence-electron chi connectivity index (χ0n) is 13.1. The zero-order valence-corrected chi connectivity index (χ0v) is 13.1. The molecule has 0 atom stereocenters. The number of hydrogen-bond donors (Lipinski definition) is 1. The fourth-order valence-corrected chi connectivity index (χ4v) is 2.51. The molecule has 0 saturated heterocycles. The number of benzene rings is 2. The number of para-hydroxylation sites is 1. The minimum atomic E-state index is 0.721. The number of H-pyrrole nitrogens is 1. The summed E-state index contributed by atoms with van der Waals surface area (Å²) in [5.41, 5.74) is 3.32. The second kappa shape index (κ2) is 6.56. The number of fused-ring (bicyclic) bond motifs is 1. The first-order chi connectivity index (χ1) is 10.8. The van der Waals surface area contributed by atoms with E-state index in [-0.39, 0.29) is 0 Å². The molecular weight excluding hydrogens is 274 g/mol. The molecule has 3 nitrogen and oxygen atoms in total. The van der Waals surface area contributed by atoms with Gasteiger partial charge in [0, 0.05) is 22.2 Å². The number of methoxy groups -OCH3 is 1. The van der Waals surface area contributed by atoms with Crippen LogP contribution in [0.3, 0.4) is 0 Å². The van der Waals surface area contributed by atoms with Gasteiger partial charge < -0.3 is 14.5 Å². The summed E-state index contributed by atoms with van der Waals surface area (Å²) in [7, 11) is 1.68. The third kappa shape index (κ3) is 2.93. The smallest absolute Gasteiger partial charge is 0.161 e. The van der Waals surface area contributed by atoms with Crippen molar-refractivity contribution < 1.29 is 9.47 Å². The monoisotopic (exact) mass is 295 g/mol. The van der Waals surface area contributed by atoms with Gasteiger partial charge in [-0.1, -0.05) is 31.5 Å². The molecule has 0 bridgehead atoms. The Morgan fingerprint density at radius 3 is 2.64 bits per heavy atom. The first-order valence-corrected chi connectivity index (χ1v) is 7.71. The van der Waals surface area contributed by atoms with E-state index >= 15 is 0 Å². The van der Waals surface area contributed by atoms with Gasteiger partial charge in [-0.25, -0.2) is 0 Å². The second-order valence-corrected chi connectivity index (χ2v) is 5.34. The molecule has 0 radical (unpaired) electrons. The highest BCUT2D eigenvalue weighted by Gasteiger charge is 2.09. The van der Waals surface area contributed by atoms with Crippen molar-refractivity contribution in [1.29, 1.82) is 0 Å². The quantitative estimate of drug-likeness (QED) is 0.648. The summed E-state index contributed by atoms with van der Waals surface area (Å²) in [5, 5.41) is 1.21. The highest BCUT2D eigenvalue weighted by Crippen LogP contribution is 2.33. The Labute approximate surface area is 130 Å². The Bertz CT molecular complexity index is 728. The summed E-state index contributed by atoms with van der Waals surface area (Å²) in [6.45, 7) is 2.87. The molecule has 22 heavy (non-hydrogen) atoms. The molecule has 114 valence electrons. The molecule has 0 amide bonds. The number of aromatic nitrogens is 1. The molecule has 3 aromatic rings. The van der Waals surface area contributed by atoms with Crippen LogP contribution < -0.4 is 9.47 Å². The van der Waals surface area contributed by atoms with Crippen LogP contribution in [0.5, 0.6) is 11.5 Å². The Hall–Kier alpha value is -2.42. The van der Waals surface area contributed by atoms with Crippen molar-refractivity contribution in [2.45, 2.75) is 19.8 Å². The van der Waals surface area contributed by atoms with Crippen molar-refractivity contribution in [3.63, 3.8) is 0 Å². The molecule has 0 fully saturated rings. The van der Waals surface area contributed by atoms with Gasteiger partial charge in [-0.05, 0) is 36.8 Å². The normalized spacial score (nSPS) is 10.8. The highest BCUT2D eigenvalue weighted by atomic mass is 16.5. The first kappa shape index (κ1) is 14.5. The summed E-state index contributed by atoms with van der Waals surface area (Å²) < 4.78 is 11.3. The lowest BCUT2D eigenvalue weighted by Gasteiger charge is -2.11. The van der Waals surface area contributed by atoms with Gasteiger partial charge in [0.2, 0.25) is 0 Å². The van der Waals surface area contributed by atoms with Crippen LogP contribution in [-0.4, -0.2) is 18.7 Å². The van der Waals surface area contributed by atoms with E-state index < -0.39 is 0 Å². The number of nitrogens with one attached hydrogen (secondary N) is 1. The van der Waals surface area contributed by atoms with Gasteiger partial charge in [0.1, 0.15) is 0 Å². The summed E-state index contributed by atoms with van der Waals surface area (Å²) in [4.78, 5) is 3.44. The fourth-order valence-electron chi connectivity index (χ4n) is 2.51. The van der Waals surface area contributed by atoms with Gasteiger partial charge in [0.05, 0.1) is 13.7 Å². The zero-order chi connectivity index (χ0) is 15.4. The van der Waals surface area contributed by atoms with Crippen LogP contribution in [0.15, 0.2) is 48.5 Å². The topological polar surface area (TPSA) is 34.2 Å². The first-order valence-electron chi connectivity index (χ1n) is 7.71. The number of hydrogen-bond acceptors (Lipinski definition) is 2. The van der Waals surface area contributed by atoms with Crippen molar-refractivity contribution in [3.8, 4) is 22.8 Å². The Kier molecular flexibility index (Phi) is 4.33. The standard InChI is InChI=1S/C19H21NO2/c1-3-4-11-22-18-10-9-15(13-19(18)21-2)17-12-14-7-5-6-8-16(14)20-17/h5-10,12-13,20H,3-4,11H2,1-2H3. The molecule has 0 saturated carbocycles. The van der Waals surface area contributed by atoms with Gasteiger partial charge in [0.15, 0.2) is 11.5 Å². The maximum Gasteiger partial charge on any atom is 0.161 e. The minimum Gasteiger partial charge on any atom is -0.493 e. The molecule has 1 heterocycles. The Morgan fingerprint density at radius 1 is 1.00 bits per heavy atom. The van der Waals surface area contributed by atoms with Crippen molar-refractivity contribution in [1.82, 2.24) is 4.98 Å². The van der Waals surface area contributed by atoms with Gasteiger partial charge >= 0.3 is 0 Å². The van der Waals surface area contributed by atoms with E-state index in [2.05, 4.69) is 36.2 Å². The third-order valence-corrected chi connectivity index (χ3v) is 3.76. The van der Waals surface area contributed by atoms with E-state index in [1.165, 1.54) is 5.39 Å². The number of unbranched alkanes of at least 4 members (excludes halogenated alkanes) is 1. The summed E-state index contributed by atoms with van der Waals surface area (Å²) in [6, 6.07) is 16.5. The molecule has 0 aliphatic carbocycles. The van der Waals surface area contributed by atoms with Crippen molar-refractivity contribution in [2.24, 2.45) is 0 Å². The summed E-state index contributed by atoms with van der Waals surface area (Å²) in [5.74, 6) is 1.57. The van der Waals surface area contributed by atoms with Crippen LogP contribution in [0.1, 0.15) is 19.8 Å². The molecule has 0 aliphatic heterocycles. The van der Waals surface area contributed by atoms with E-state index in [4.69, 9.17) is 9.47 Å². The lowest BCUT2D eigenvalue weighted by Crippen LogP contribution is -1.98. The predicted octanol–water partition coefficient (Wildman–Crippen LogP) is 5.02. The second-order valence-electron chi connectivity index (χ2n) is 5.34. The third-order valence-electron chi connectivity index (χ3n) is 3.76. The lowest BCUT2D eigenvalue weighted by atomic mass is 10.1. The van der Waals surface area contributed by atoms with Crippen molar-refractivity contribution in [3.05, 3.63) is 48.5 Å². The van der Waals surface area contributed by atoms with Crippen LogP contribution in [0.25, 0.3) is 22.2 Å². The van der Waals surface area contributed by atoms with E-state index in [0.717, 1.165) is 47.7 Å². The molecule has 1 N–H and O–H groups in total. The molecule has 0 unspecified atom stereocenters. The predicted molar refractivity (Wildman–Crippen MR) is 90.7 cm³/mol. The average molecular weight is 295 g/mol. The molecule has 0 aliphatic rings. The minimum absolute atomic E-state index is 0.721. The maximum absolute atomic E-state index is 5.78. The van der Waals surface area contributed by atoms with Crippen LogP contribution in [0.2, 0.25) is 0 Å². The maximum atomic E-state index is 5.78. The number of ether oxygens (including phenoxy) is 2. The Balaban J connectivity index is 1.90. The fraction of sp³-hybridized carbons (Fsp3) is 0.263. The lowest BCUT2D eigenvalue weighted by molar-refractivity contribution is 0.288. The van der Waals surface area contributed by atoms with Gasteiger partial charge in [0.25, 0.3) is 0 Å². The van der Waals surface area contributed by atoms with Gasteiger partial charge in [-0.2, -0.15) is 0 Å². The number of rotatable bonds is 6. The van der Waals surface area contributed by atoms with E-state index in [0.29, 0.717) is 0 Å². The summed E-state index contributed by atoms with van der Waals surface area (Å²) >= 11 is 0. The van der Waals surface area contributed by atoms with Crippen molar-refractivity contribution in [2.75, 3.05) is 13.7 Å². The highest BCUT2D eigenvalue weighted by molar-refractivity contribution is 5.86. The van der Waals surface area contributed by atoms with Crippen LogP contribution in [0.4, 0.5) is 0 Å². The molecule has 3 rings (SSSR count). The van der Waals surface area contributed by atoms with Crippen molar-refractivity contribution >= 4 is 10.9 Å². The molecular formula is C19H21NO2. The molecule has 1 aromatic heterocycles. The largest absolute Gasteiger partial charge is 0.493 e. The Morgan fingerprint density at radius 2 is 1.86 bits per heavy atom. The molecule has 0 spiro atoms. The van der Waals surface area contributed by atoms with Gasteiger partial charge in [-0.15, -0.1) is 0 Å². The van der Waals surface area contributed by atoms with E-state index in [1.807, 2.05) is 24.3 Å². The molecule has 3 heteroatoms. The summed E-state index contributed by atoms with van der Waals surface area (Å²) in [6.07, 6.45) is 2.17. The molecule has 2 aromatic carbocycles. The van der Waals surface area contributed by atoms with E-state index in [1.54, 1.807) is 7.11 Å². The van der Waals surface area contributed by atoms with Gasteiger partial charge in [-0.3, -0.25) is 0 Å². The van der Waals surface area contributed by atoms with E-state index in [9.17, 15) is 0 Å². The van der Waals surface area contributed by atoms with Crippen LogP contribution in [-0.2, 0) is 0 Å². The van der Waals surface area contributed by atoms with Crippen LogP contribution in [0, 0.1) is 0 Å². The van der Waals surface area contributed by atoms with Crippen LogP contribution >= 0.6 is 0 Å². The SMILES string of the molecule is CCCCOc1ccc(-c2cc3ccccc3[nH]2)cc1OC. The number of aromatic amines is 1.